The molecule has 0 radical (unpaired) electrons. The van der Waals surface area contributed by atoms with Gasteiger partial charge in [0.1, 0.15) is 47.5 Å². The van der Waals surface area contributed by atoms with Crippen LogP contribution in [0.5, 0.6) is 0 Å². The van der Waals surface area contributed by atoms with Crippen LogP contribution in [0.15, 0.2) is 48.8 Å². The van der Waals surface area contributed by atoms with E-state index in [2.05, 4.69) is 20.6 Å². The van der Waals surface area contributed by atoms with Gasteiger partial charge in [-0.25, -0.2) is 26.9 Å². The van der Waals surface area contributed by atoms with Gasteiger partial charge < -0.3 is 29.0 Å². The van der Waals surface area contributed by atoms with E-state index in [1.54, 1.807) is 12.3 Å². The summed E-state index contributed by atoms with van der Waals surface area (Å²) in [4.78, 5) is 38.6. The number of esters is 2. The molecule has 288 valence electrons. The van der Waals surface area contributed by atoms with Gasteiger partial charge >= 0.3 is 11.9 Å². The van der Waals surface area contributed by atoms with Crippen molar-refractivity contribution in [3.8, 4) is 22.5 Å². The molecule has 4 heterocycles. The first-order valence-electron chi connectivity index (χ1n) is 16.6. The lowest BCUT2D eigenvalue weighted by Gasteiger charge is -2.47. The summed E-state index contributed by atoms with van der Waals surface area (Å²) in [5.41, 5.74) is -0.444. The van der Waals surface area contributed by atoms with Crippen LogP contribution in [-0.2, 0) is 33.3 Å². The molecule has 1 amide bonds. The molecule has 2 aliphatic rings. The van der Waals surface area contributed by atoms with Crippen LogP contribution < -0.4 is 0 Å². The maximum absolute atomic E-state index is 14.1. The minimum Gasteiger partial charge on any atom is -0.463 e. The third-order valence-corrected chi connectivity index (χ3v) is 10.5. The Bertz CT molecular complexity index is 2000. The number of likely N-dealkylation sites (tertiary alicyclic amines) is 1. The third-order valence-electron chi connectivity index (χ3n) is 9.04. The highest BCUT2D eigenvalue weighted by Gasteiger charge is 2.52. The van der Waals surface area contributed by atoms with Gasteiger partial charge in [0.25, 0.3) is 0 Å². The molecule has 4 aromatic rings. The van der Waals surface area contributed by atoms with Crippen LogP contribution in [-0.4, -0.2) is 120 Å². The van der Waals surface area contributed by atoms with Crippen molar-refractivity contribution in [2.24, 2.45) is 0 Å². The number of nitrogens with zero attached hydrogens (tertiary/aromatic N) is 7. The normalized spacial score (nSPS) is 25.7. The SMILES string of the molecule is CO[C@@H]1[C@@H](n2cc(-c3cc(F)c(F)c(F)c3)nn2)[C@@H](OC(C)=O)[C@@H](COC(C)=O)O[C@H]1S[C@@H]1CN(C(C)=O)C[C@H](n2cc(-c3cccc(F)c3)nn2)[C@H]1O. The standard InChI is InChI=1S/C34H35F4N7O8S/c1-16(46)43-13-26(44-11-24(39-41-44)19-6-5-7-21(35)8-19)31(49)28(14-43)54-34-33(50-4)30(32(52-18(3)48)27(53-34)15-51-17(2)47)45-12-25(40-42-45)20-9-22(36)29(38)23(37)10-20/h5-12,26-28,30-34,49H,13-15H2,1-4H3/t26-,27+,28+,30-,31+,32-,33+,34-/m0/s1. The Morgan fingerprint density at radius 3 is 2.20 bits per heavy atom. The molecule has 20 heteroatoms. The molecule has 54 heavy (non-hydrogen) atoms. The summed E-state index contributed by atoms with van der Waals surface area (Å²) in [6.07, 6.45) is -1.79. The van der Waals surface area contributed by atoms with Gasteiger partial charge in [-0.1, -0.05) is 22.6 Å². The number of aromatic nitrogens is 6. The van der Waals surface area contributed by atoms with E-state index in [0.29, 0.717) is 11.3 Å². The van der Waals surface area contributed by atoms with Crippen molar-refractivity contribution < 1.29 is 56.0 Å². The van der Waals surface area contributed by atoms with Crippen LogP contribution in [0.1, 0.15) is 32.9 Å². The van der Waals surface area contributed by atoms with Gasteiger partial charge in [-0.3, -0.25) is 14.4 Å². The van der Waals surface area contributed by atoms with Gasteiger partial charge in [-0.05, 0) is 24.3 Å². The molecule has 0 aliphatic carbocycles. The lowest BCUT2D eigenvalue weighted by molar-refractivity contribution is -0.208. The first-order chi connectivity index (χ1) is 25.7. The molecule has 0 spiro atoms. The summed E-state index contributed by atoms with van der Waals surface area (Å²) in [5, 5.41) is 27.6. The highest BCUT2D eigenvalue weighted by Crippen LogP contribution is 2.42. The minimum absolute atomic E-state index is 0.0568. The lowest BCUT2D eigenvalue weighted by Crippen LogP contribution is -2.59. The fraction of sp³-hybridized carbons (Fsp3) is 0.441. The smallest absolute Gasteiger partial charge is 0.303 e. The first-order valence-corrected chi connectivity index (χ1v) is 17.5. The molecule has 6 rings (SSSR count). The number of benzene rings is 2. The van der Waals surface area contributed by atoms with Gasteiger partial charge in [0.15, 0.2) is 23.6 Å². The zero-order chi connectivity index (χ0) is 38.8. The van der Waals surface area contributed by atoms with Crippen LogP contribution in [0, 0.1) is 23.3 Å². The molecular formula is C34H35F4N7O8S. The second kappa shape index (κ2) is 16.2. The van der Waals surface area contributed by atoms with Gasteiger partial charge in [0.05, 0.1) is 29.8 Å². The van der Waals surface area contributed by atoms with Crippen molar-refractivity contribution in [1.29, 1.82) is 0 Å². The molecule has 0 unspecified atom stereocenters. The predicted octanol–water partition coefficient (Wildman–Crippen LogP) is 3.10. The second-order valence-electron chi connectivity index (χ2n) is 12.7. The van der Waals surface area contributed by atoms with E-state index < -0.39 is 89.0 Å². The number of piperidine rings is 1. The Hall–Kier alpha value is -4.92. The Morgan fingerprint density at radius 1 is 0.907 bits per heavy atom. The molecule has 2 aromatic carbocycles. The van der Waals surface area contributed by atoms with Crippen molar-refractivity contribution in [1.82, 2.24) is 34.9 Å². The fourth-order valence-corrected chi connectivity index (χ4v) is 8.07. The number of rotatable bonds is 10. The first kappa shape index (κ1) is 38.8. The largest absolute Gasteiger partial charge is 0.463 e. The number of carbonyl (C=O) groups excluding carboxylic acids is 3. The zero-order valence-electron chi connectivity index (χ0n) is 29.2. The highest BCUT2D eigenvalue weighted by molar-refractivity contribution is 8.00. The monoisotopic (exact) mass is 777 g/mol. The molecule has 2 fully saturated rings. The summed E-state index contributed by atoms with van der Waals surface area (Å²) >= 11 is 1.09. The van der Waals surface area contributed by atoms with Gasteiger partial charge in [0.2, 0.25) is 5.91 Å². The molecule has 0 saturated carbocycles. The van der Waals surface area contributed by atoms with Crippen LogP contribution >= 0.6 is 11.8 Å². The van der Waals surface area contributed by atoms with E-state index in [9.17, 15) is 37.1 Å². The number of ether oxygens (including phenoxy) is 4. The molecule has 2 aromatic heterocycles. The third kappa shape index (κ3) is 8.25. The van der Waals surface area contributed by atoms with Crippen molar-refractivity contribution >= 4 is 29.6 Å². The van der Waals surface area contributed by atoms with Gasteiger partial charge in [-0.2, -0.15) is 0 Å². The van der Waals surface area contributed by atoms with Crippen molar-refractivity contribution in [3.63, 3.8) is 0 Å². The number of carbonyl (C=O) groups is 3. The number of aliphatic hydroxyl groups excluding tert-OH is 1. The van der Waals surface area contributed by atoms with Gasteiger partial charge in [0, 0.05) is 52.1 Å². The lowest BCUT2D eigenvalue weighted by atomic mass is 9.96. The van der Waals surface area contributed by atoms with Crippen LogP contribution in [0.4, 0.5) is 17.6 Å². The Kier molecular flexibility index (Phi) is 11.6. The topological polar surface area (TPSA) is 173 Å². The quantitative estimate of drug-likeness (QED) is 0.142. The molecule has 0 bridgehead atoms. The zero-order valence-corrected chi connectivity index (χ0v) is 30.0. The van der Waals surface area contributed by atoms with E-state index in [-0.39, 0.29) is 30.3 Å². The van der Waals surface area contributed by atoms with E-state index in [4.69, 9.17) is 18.9 Å². The molecular weight excluding hydrogens is 742 g/mol. The Morgan fingerprint density at radius 2 is 1.57 bits per heavy atom. The summed E-state index contributed by atoms with van der Waals surface area (Å²) in [6, 6.07) is 5.34. The molecule has 8 atom stereocenters. The number of methoxy groups -OCH3 is 1. The number of hydrogen-bond donors (Lipinski definition) is 1. The van der Waals surface area contributed by atoms with E-state index >= 15 is 0 Å². The Labute approximate surface area is 309 Å². The summed E-state index contributed by atoms with van der Waals surface area (Å²) in [6.45, 7) is 3.43. The average molecular weight is 778 g/mol. The number of amides is 1. The predicted molar refractivity (Wildman–Crippen MR) is 180 cm³/mol. The summed E-state index contributed by atoms with van der Waals surface area (Å²) in [7, 11) is 1.35. The maximum atomic E-state index is 14.1. The van der Waals surface area contributed by atoms with E-state index in [1.807, 2.05) is 0 Å². The average Bonchev–Trinajstić information content (AvgIpc) is 3.82. The van der Waals surface area contributed by atoms with Crippen molar-refractivity contribution in [2.45, 2.75) is 68.0 Å². The molecule has 2 saturated heterocycles. The summed E-state index contributed by atoms with van der Waals surface area (Å²) in [5.74, 6) is -6.72. The van der Waals surface area contributed by atoms with E-state index in [0.717, 1.165) is 30.8 Å². The van der Waals surface area contributed by atoms with Crippen LogP contribution in [0.2, 0.25) is 0 Å². The highest BCUT2D eigenvalue weighted by atomic mass is 32.2. The maximum Gasteiger partial charge on any atom is 0.303 e. The second-order valence-corrected chi connectivity index (χ2v) is 14.0. The number of aliphatic hydroxyl groups is 1. The number of halogens is 4. The van der Waals surface area contributed by atoms with Gasteiger partial charge in [-0.15, -0.1) is 22.0 Å². The summed E-state index contributed by atoms with van der Waals surface area (Å²) < 4.78 is 81.9. The van der Waals surface area contributed by atoms with Crippen LogP contribution in [0.25, 0.3) is 22.5 Å². The molecule has 15 nitrogen and oxygen atoms in total. The molecule has 1 N–H and O–H groups in total. The number of thioether (sulfide) groups is 1. The van der Waals surface area contributed by atoms with Crippen molar-refractivity contribution in [3.05, 3.63) is 72.1 Å². The van der Waals surface area contributed by atoms with Crippen molar-refractivity contribution in [2.75, 3.05) is 26.8 Å². The minimum atomic E-state index is -1.66. The fourth-order valence-electron chi connectivity index (χ4n) is 6.48. The molecule has 2 aliphatic heterocycles. The van der Waals surface area contributed by atoms with Crippen LogP contribution in [0.3, 0.4) is 0 Å². The Balaban J connectivity index is 1.35. The number of hydrogen-bond acceptors (Lipinski definition) is 13. The van der Waals surface area contributed by atoms with E-state index in [1.165, 1.54) is 59.6 Å².